The van der Waals surface area contributed by atoms with Crippen LogP contribution in [0.15, 0.2) is 52.8 Å². The zero-order chi connectivity index (χ0) is 18.9. The SMILES string of the molecule is COc1ccc(C=C(NC(=O)c2ccco2)C(=O)NCCC(=O)O)cc1. The Bertz CT molecular complexity index is 794. The molecule has 1 heterocycles. The molecule has 0 aliphatic rings. The molecule has 0 atom stereocenters. The van der Waals surface area contributed by atoms with Crippen molar-refractivity contribution in [2.24, 2.45) is 0 Å². The molecule has 0 saturated heterocycles. The number of ether oxygens (including phenoxy) is 1. The van der Waals surface area contributed by atoms with Gasteiger partial charge >= 0.3 is 5.97 Å². The number of carbonyl (C=O) groups excluding carboxylic acids is 2. The van der Waals surface area contributed by atoms with Crippen LogP contribution in [-0.2, 0) is 9.59 Å². The number of carbonyl (C=O) groups is 3. The number of amides is 2. The fraction of sp³-hybridized carbons (Fsp3) is 0.167. The Labute approximate surface area is 149 Å². The van der Waals surface area contributed by atoms with Gasteiger partial charge in [0.05, 0.1) is 19.8 Å². The molecule has 0 aliphatic heterocycles. The fourth-order valence-corrected chi connectivity index (χ4v) is 2.00. The van der Waals surface area contributed by atoms with Gasteiger partial charge in [-0.05, 0) is 35.9 Å². The Hall–Kier alpha value is -3.55. The third-order valence-electron chi connectivity index (χ3n) is 3.29. The van der Waals surface area contributed by atoms with Gasteiger partial charge in [-0.2, -0.15) is 0 Å². The second-order valence-electron chi connectivity index (χ2n) is 5.16. The molecule has 136 valence electrons. The summed E-state index contributed by atoms with van der Waals surface area (Å²) in [7, 11) is 1.54. The van der Waals surface area contributed by atoms with Gasteiger partial charge in [0.1, 0.15) is 11.4 Å². The van der Waals surface area contributed by atoms with Gasteiger partial charge in [0.25, 0.3) is 11.8 Å². The first kappa shape index (κ1) is 18.8. The van der Waals surface area contributed by atoms with Crippen molar-refractivity contribution in [3.05, 3.63) is 59.7 Å². The summed E-state index contributed by atoms with van der Waals surface area (Å²) in [5.74, 6) is -1.55. The third kappa shape index (κ3) is 5.52. The van der Waals surface area contributed by atoms with E-state index in [0.717, 1.165) is 0 Å². The Morgan fingerprint density at radius 1 is 1.19 bits per heavy atom. The molecule has 0 saturated carbocycles. The summed E-state index contributed by atoms with van der Waals surface area (Å²) in [6.45, 7) is -0.0647. The largest absolute Gasteiger partial charge is 0.497 e. The van der Waals surface area contributed by atoms with Crippen LogP contribution in [0, 0.1) is 0 Å². The number of carboxylic acids is 1. The predicted molar refractivity (Wildman–Crippen MR) is 92.4 cm³/mol. The maximum atomic E-state index is 12.3. The van der Waals surface area contributed by atoms with Crippen molar-refractivity contribution in [1.29, 1.82) is 0 Å². The molecule has 3 N–H and O–H groups in total. The van der Waals surface area contributed by atoms with Gasteiger partial charge in [-0.3, -0.25) is 14.4 Å². The van der Waals surface area contributed by atoms with Crippen molar-refractivity contribution in [3.63, 3.8) is 0 Å². The molecule has 8 nitrogen and oxygen atoms in total. The van der Waals surface area contributed by atoms with Crippen molar-refractivity contribution in [1.82, 2.24) is 10.6 Å². The van der Waals surface area contributed by atoms with Crippen molar-refractivity contribution in [2.75, 3.05) is 13.7 Å². The molecule has 2 amide bonds. The minimum atomic E-state index is -1.04. The molecule has 1 aromatic heterocycles. The molecule has 0 radical (unpaired) electrons. The molecule has 0 fully saturated rings. The van der Waals surface area contributed by atoms with Gasteiger partial charge in [0.15, 0.2) is 5.76 Å². The van der Waals surface area contributed by atoms with E-state index in [2.05, 4.69) is 10.6 Å². The van der Waals surface area contributed by atoms with Crippen LogP contribution in [0.4, 0.5) is 0 Å². The lowest BCUT2D eigenvalue weighted by molar-refractivity contribution is -0.136. The lowest BCUT2D eigenvalue weighted by Crippen LogP contribution is -2.35. The van der Waals surface area contributed by atoms with Crippen LogP contribution in [0.3, 0.4) is 0 Å². The molecular weight excluding hydrogens is 340 g/mol. The summed E-state index contributed by atoms with van der Waals surface area (Å²) < 4.78 is 10.1. The van der Waals surface area contributed by atoms with E-state index in [1.54, 1.807) is 30.3 Å². The summed E-state index contributed by atoms with van der Waals surface area (Å²) in [4.78, 5) is 35.0. The fourth-order valence-electron chi connectivity index (χ4n) is 2.00. The number of aliphatic carboxylic acids is 1. The Kier molecular flexibility index (Phi) is 6.55. The number of rotatable bonds is 8. The van der Waals surface area contributed by atoms with E-state index in [9.17, 15) is 14.4 Å². The average molecular weight is 358 g/mol. The highest BCUT2D eigenvalue weighted by Crippen LogP contribution is 2.14. The smallest absolute Gasteiger partial charge is 0.305 e. The van der Waals surface area contributed by atoms with Crippen molar-refractivity contribution in [3.8, 4) is 5.75 Å². The lowest BCUT2D eigenvalue weighted by Gasteiger charge is -2.10. The highest BCUT2D eigenvalue weighted by molar-refractivity contribution is 6.04. The summed E-state index contributed by atoms with van der Waals surface area (Å²) in [5.41, 5.74) is 0.607. The predicted octanol–water partition coefficient (Wildman–Crippen LogP) is 1.65. The average Bonchev–Trinajstić information content (AvgIpc) is 3.16. The summed E-state index contributed by atoms with van der Waals surface area (Å²) >= 11 is 0. The summed E-state index contributed by atoms with van der Waals surface area (Å²) in [6.07, 6.45) is 2.58. The van der Waals surface area contributed by atoms with Crippen molar-refractivity contribution >= 4 is 23.9 Å². The minimum Gasteiger partial charge on any atom is -0.497 e. The Morgan fingerprint density at radius 2 is 1.92 bits per heavy atom. The van der Waals surface area contributed by atoms with Crippen LogP contribution >= 0.6 is 0 Å². The number of furan rings is 1. The number of hydrogen-bond donors (Lipinski definition) is 3. The van der Waals surface area contributed by atoms with Gasteiger partial charge in [0.2, 0.25) is 0 Å². The summed E-state index contributed by atoms with van der Waals surface area (Å²) in [6, 6.07) is 9.85. The van der Waals surface area contributed by atoms with Gasteiger partial charge in [-0.1, -0.05) is 12.1 Å². The van der Waals surface area contributed by atoms with Gasteiger partial charge in [-0.15, -0.1) is 0 Å². The molecule has 2 aromatic rings. The number of carboxylic acid groups (broad SMARTS) is 1. The number of methoxy groups -OCH3 is 1. The van der Waals surface area contributed by atoms with Crippen LogP contribution in [0.2, 0.25) is 0 Å². The number of nitrogens with one attached hydrogen (secondary N) is 2. The molecule has 2 rings (SSSR count). The van der Waals surface area contributed by atoms with E-state index >= 15 is 0 Å². The summed E-state index contributed by atoms with van der Waals surface area (Å²) in [5, 5.41) is 13.6. The molecule has 0 unspecified atom stereocenters. The van der Waals surface area contributed by atoms with Gasteiger partial charge in [0, 0.05) is 6.54 Å². The van der Waals surface area contributed by atoms with Crippen molar-refractivity contribution in [2.45, 2.75) is 6.42 Å². The van der Waals surface area contributed by atoms with E-state index in [4.69, 9.17) is 14.3 Å². The second-order valence-corrected chi connectivity index (χ2v) is 5.16. The van der Waals surface area contributed by atoms with Gasteiger partial charge in [-0.25, -0.2) is 0 Å². The third-order valence-corrected chi connectivity index (χ3v) is 3.29. The number of benzene rings is 1. The Morgan fingerprint density at radius 3 is 2.50 bits per heavy atom. The first-order chi connectivity index (χ1) is 12.5. The van der Waals surface area contributed by atoms with E-state index in [0.29, 0.717) is 11.3 Å². The standard InChI is InChI=1S/C18H18N2O6/c1-25-13-6-4-12(5-7-13)11-14(17(23)19-9-8-16(21)22)20-18(24)15-3-2-10-26-15/h2-7,10-11H,8-9H2,1H3,(H,19,23)(H,20,24)(H,21,22). The van der Waals surface area contributed by atoms with Crippen LogP contribution in [0.1, 0.15) is 22.5 Å². The first-order valence-corrected chi connectivity index (χ1v) is 7.70. The molecule has 26 heavy (non-hydrogen) atoms. The van der Waals surface area contributed by atoms with Crippen LogP contribution in [-0.4, -0.2) is 36.5 Å². The quantitative estimate of drug-likeness (QED) is 0.618. The van der Waals surface area contributed by atoms with Crippen LogP contribution in [0.5, 0.6) is 5.75 Å². The minimum absolute atomic E-state index is 0.0399. The highest BCUT2D eigenvalue weighted by Gasteiger charge is 2.16. The lowest BCUT2D eigenvalue weighted by atomic mass is 10.1. The normalized spacial score (nSPS) is 10.9. The molecule has 0 spiro atoms. The first-order valence-electron chi connectivity index (χ1n) is 7.70. The zero-order valence-corrected chi connectivity index (χ0v) is 14.0. The molecule has 1 aromatic carbocycles. The Balaban J connectivity index is 2.18. The highest BCUT2D eigenvalue weighted by atomic mass is 16.5. The maximum absolute atomic E-state index is 12.3. The van der Waals surface area contributed by atoms with Crippen LogP contribution in [0.25, 0.3) is 6.08 Å². The molecule has 0 bridgehead atoms. The topological polar surface area (TPSA) is 118 Å². The van der Waals surface area contributed by atoms with E-state index < -0.39 is 17.8 Å². The molecule has 8 heteroatoms. The monoisotopic (exact) mass is 358 g/mol. The van der Waals surface area contributed by atoms with Crippen molar-refractivity contribution < 1.29 is 28.6 Å². The van der Waals surface area contributed by atoms with E-state index in [1.807, 2.05) is 0 Å². The number of hydrogen-bond acceptors (Lipinski definition) is 5. The zero-order valence-electron chi connectivity index (χ0n) is 14.0. The van der Waals surface area contributed by atoms with E-state index in [1.165, 1.54) is 25.5 Å². The van der Waals surface area contributed by atoms with E-state index in [-0.39, 0.29) is 24.4 Å². The maximum Gasteiger partial charge on any atom is 0.305 e. The molecule has 0 aliphatic carbocycles. The van der Waals surface area contributed by atoms with Gasteiger partial charge < -0.3 is 24.9 Å². The van der Waals surface area contributed by atoms with Crippen LogP contribution < -0.4 is 15.4 Å². The molecular formula is C18H18N2O6. The second kappa shape index (κ2) is 9.07.